The molecule has 4 aliphatic heterocycles. The van der Waals surface area contributed by atoms with Crippen LogP contribution in [0.25, 0.3) is 0 Å². The van der Waals surface area contributed by atoms with Crippen molar-refractivity contribution in [1.82, 2.24) is 39.5 Å². The van der Waals surface area contributed by atoms with Crippen molar-refractivity contribution in [3.05, 3.63) is 91.1 Å². The number of likely N-dealkylation sites (N-methyl/N-ethyl adjacent to an activating group) is 2. The highest BCUT2D eigenvalue weighted by molar-refractivity contribution is 7.10. The first-order chi connectivity index (χ1) is 38.0. The lowest BCUT2D eigenvalue weighted by atomic mass is 9.65. The second kappa shape index (κ2) is 22.0. The molecule has 2 spiro atoms. The number of hydrogen-bond donors (Lipinski definition) is 0. The molecule has 4 aromatic rings. The van der Waals surface area contributed by atoms with Crippen LogP contribution in [0.3, 0.4) is 0 Å². The van der Waals surface area contributed by atoms with Crippen LogP contribution in [0.2, 0.25) is 0 Å². The van der Waals surface area contributed by atoms with E-state index in [-0.39, 0.29) is 53.6 Å². The molecule has 0 aromatic carbocycles. The number of thiophene rings is 2. The van der Waals surface area contributed by atoms with Crippen molar-refractivity contribution >= 4 is 46.1 Å². The fraction of sp³-hybridized carbons (Fsp3) is 0.600. The summed E-state index contributed by atoms with van der Waals surface area (Å²) < 4.78 is 13.3. The Morgan fingerprint density at radius 2 is 1.24 bits per heavy atom. The molecular formula is C60H74N12O4S2. The number of anilines is 2. The second-order valence-electron chi connectivity index (χ2n) is 23.9. The van der Waals surface area contributed by atoms with Crippen molar-refractivity contribution in [2.24, 2.45) is 10.8 Å². The molecule has 410 valence electrons. The van der Waals surface area contributed by atoms with E-state index in [2.05, 4.69) is 75.8 Å². The van der Waals surface area contributed by atoms with E-state index in [1.54, 1.807) is 9.80 Å². The molecule has 8 aliphatic rings. The van der Waals surface area contributed by atoms with Gasteiger partial charge in [-0.3, -0.25) is 14.5 Å². The number of carbonyl (C=O) groups is 2. The van der Waals surface area contributed by atoms with Gasteiger partial charge in [-0.05, 0) is 180 Å². The standard InChI is InChI=1S/C60H74N12O4S2/c1-5-53(73)71-27-25-69(34-40(71)15-22-61)55-46-14-21-60(31-49(46)63-57(65-55)75-36-42-8-7-24-67(42)3)19-12-44-47(38-78-52(44)33-60)50-10-9-43(68(50)4)37-76-58-64-48-30-59(18-11-39-17-29-77-51(39)32-59)20-13-45(48)56(66-58)70-26-28-72(54(74)6-2)41(35-70)16-23-62/h5-6,17,29,38,40-43,50H,1-2,7-16,18-21,24-28,30-37H2,3-4H3/t40-,41+,42?,43?,50?,59-,60-/m1/s1. The number of piperazine rings is 2. The van der Waals surface area contributed by atoms with Crippen molar-refractivity contribution in [2.45, 2.75) is 146 Å². The van der Waals surface area contributed by atoms with Crippen molar-refractivity contribution in [2.75, 3.05) is 82.9 Å². The van der Waals surface area contributed by atoms with Crippen molar-refractivity contribution in [1.29, 1.82) is 10.5 Å². The number of rotatable bonds is 13. The number of aromatic nitrogens is 4. The smallest absolute Gasteiger partial charge is 0.318 e. The first kappa shape index (κ1) is 52.8. The summed E-state index contributed by atoms with van der Waals surface area (Å²) in [5.74, 6) is 1.54. The maximum absolute atomic E-state index is 12.9. The Labute approximate surface area is 467 Å². The van der Waals surface area contributed by atoms with Crippen molar-refractivity contribution < 1.29 is 19.1 Å². The SMILES string of the molecule is C=CC(=O)N1CCN(c2nc(OCC3CCCN3C)nc3c2CC[C@]2(CCc4c(C5CCC(COc6nc7c(c(N8CCN(C(=O)C=C)[C@@H](CC#N)C8)n6)CC[C@]6(CCc8ccsc8C6)C7)N5C)csc4C2)C3)C[C@H]1CC#N. The molecule has 0 N–H and O–H groups in total. The van der Waals surface area contributed by atoms with Crippen LogP contribution in [0, 0.1) is 33.5 Å². The van der Waals surface area contributed by atoms with E-state index in [0.717, 1.165) is 132 Å². The van der Waals surface area contributed by atoms with Crippen LogP contribution in [0.15, 0.2) is 42.1 Å². The highest BCUT2D eigenvalue weighted by Gasteiger charge is 2.45. The molecule has 0 saturated carbocycles. The molecule has 7 atom stereocenters. The van der Waals surface area contributed by atoms with Crippen LogP contribution >= 0.6 is 22.7 Å². The quantitative estimate of drug-likeness (QED) is 0.120. The Hall–Kier alpha value is -5.92. The first-order valence-electron chi connectivity index (χ1n) is 28.7. The van der Waals surface area contributed by atoms with Crippen LogP contribution in [0.5, 0.6) is 12.0 Å². The van der Waals surface area contributed by atoms with Gasteiger partial charge in [-0.15, -0.1) is 22.7 Å². The van der Waals surface area contributed by atoms with Gasteiger partial charge in [0.15, 0.2) is 0 Å². The van der Waals surface area contributed by atoms with Gasteiger partial charge in [0, 0.05) is 78.3 Å². The van der Waals surface area contributed by atoms with Crippen LogP contribution in [0.1, 0.15) is 119 Å². The highest BCUT2D eigenvalue weighted by Crippen LogP contribution is 2.52. The molecule has 78 heavy (non-hydrogen) atoms. The minimum atomic E-state index is -0.253. The summed E-state index contributed by atoms with van der Waals surface area (Å²) in [5.41, 5.74) is 9.36. The van der Waals surface area contributed by atoms with E-state index in [1.165, 1.54) is 49.7 Å². The normalized spacial score (nSPS) is 27.9. The number of carbonyl (C=O) groups excluding carboxylic acids is 2. The molecular weight excluding hydrogens is 1020 g/mol. The third-order valence-electron chi connectivity index (χ3n) is 19.6. The van der Waals surface area contributed by atoms with E-state index in [1.807, 2.05) is 22.7 Å². The van der Waals surface area contributed by atoms with Gasteiger partial charge in [0.25, 0.3) is 0 Å². The van der Waals surface area contributed by atoms with Crippen molar-refractivity contribution in [3.63, 3.8) is 0 Å². The van der Waals surface area contributed by atoms with Gasteiger partial charge >= 0.3 is 12.0 Å². The fourth-order valence-corrected chi connectivity index (χ4v) is 17.4. The minimum absolute atomic E-state index is 0.0948. The average Bonchev–Trinajstić information content (AvgIpc) is 4.42. The number of fused-ring (bicyclic) bond motifs is 4. The van der Waals surface area contributed by atoms with E-state index >= 15 is 0 Å². The third kappa shape index (κ3) is 10.1. The van der Waals surface area contributed by atoms with Gasteiger partial charge in [0.05, 0.1) is 48.5 Å². The number of hydrogen-bond acceptors (Lipinski definition) is 16. The maximum Gasteiger partial charge on any atom is 0.318 e. The van der Waals surface area contributed by atoms with Gasteiger partial charge in [-0.1, -0.05) is 13.2 Å². The molecule has 0 radical (unpaired) electrons. The Balaban J connectivity index is 0.750. The predicted molar refractivity (Wildman–Crippen MR) is 302 cm³/mol. The predicted octanol–water partition coefficient (Wildman–Crippen LogP) is 7.64. The maximum atomic E-state index is 12.9. The lowest BCUT2D eigenvalue weighted by molar-refractivity contribution is -0.129. The molecule has 12 rings (SSSR count). The topological polar surface area (TPSA) is 171 Å². The van der Waals surface area contributed by atoms with Crippen LogP contribution in [-0.4, -0.2) is 149 Å². The van der Waals surface area contributed by atoms with Crippen LogP contribution in [-0.2, 0) is 61.0 Å². The van der Waals surface area contributed by atoms with E-state index < -0.39 is 0 Å². The molecule has 8 heterocycles. The number of amides is 2. The lowest BCUT2D eigenvalue weighted by Crippen LogP contribution is -2.55. The van der Waals surface area contributed by atoms with Crippen LogP contribution in [0.4, 0.5) is 11.6 Å². The molecule has 0 bridgehead atoms. The van der Waals surface area contributed by atoms with Crippen LogP contribution < -0.4 is 19.3 Å². The van der Waals surface area contributed by atoms with Gasteiger partial charge < -0.3 is 34.0 Å². The first-order valence-corrected chi connectivity index (χ1v) is 30.4. The zero-order valence-corrected chi connectivity index (χ0v) is 47.2. The lowest BCUT2D eigenvalue weighted by Gasteiger charge is -2.44. The summed E-state index contributed by atoms with van der Waals surface area (Å²) in [6.07, 6.45) is 19.8. The minimum Gasteiger partial charge on any atom is -0.462 e. The summed E-state index contributed by atoms with van der Waals surface area (Å²) in [5, 5.41) is 24.3. The Bertz CT molecular complexity index is 3050. The van der Waals surface area contributed by atoms with E-state index in [9.17, 15) is 20.1 Å². The fourth-order valence-electron chi connectivity index (χ4n) is 15.0. The molecule has 16 nitrogen and oxygen atoms in total. The summed E-state index contributed by atoms with van der Waals surface area (Å²) >= 11 is 3.83. The molecule has 4 aromatic heterocycles. The molecule has 18 heteroatoms. The number of ether oxygens (including phenoxy) is 2. The molecule has 4 saturated heterocycles. The largest absolute Gasteiger partial charge is 0.462 e. The summed E-state index contributed by atoms with van der Waals surface area (Å²) in [6.45, 7) is 12.9. The average molecular weight is 1090 g/mol. The third-order valence-corrected chi connectivity index (χ3v) is 21.6. The molecule has 3 unspecified atom stereocenters. The molecule has 4 aliphatic carbocycles. The van der Waals surface area contributed by atoms with Gasteiger partial charge in [-0.25, -0.2) is 0 Å². The Kier molecular flexibility index (Phi) is 14.9. The number of aryl methyl sites for hydroxylation is 1. The highest BCUT2D eigenvalue weighted by atomic mass is 32.1. The van der Waals surface area contributed by atoms with Gasteiger partial charge in [0.1, 0.15) is 24.8 Å². The number of nitriles is 2. The second-order valence-corrected chi connectivity index (χ2v) is 25.9. The Morgan fingerprint density at radius 3 is 1.81 bits per heavy atom. The summed E-state index contributed by atoms with van der Waals surface area (Å²) in [4.78, 5) is 62.7. The summed E-state index contributed by atoms with van der Waals surface area (Å²) in [7, 11) is 4.43. The summed E-state index contributed by atoms with van der Waals surface area (Å²) in [6, 6.07) is 8.17. The number of nitrogens with zero attached hydrogens (tertiary/aromatic N) is 12. The van der Waals surface area contributed by atoms with Gasteiger partial charge in [-0.2, -0.15) is 30.5 Å². The monoisotopic (exact) mass is 1090 g/mol. The Morgan fingerprint density at radius 1 is 0.679 bits per heavy atom. The number of likely N-dealkylation sites (tertiary alicyclic amines) is 2. The van der Waals surface area contributed by atoms with E-state index in [0.29, 0.717) is 76.6 Å². The molecule has 2 amide bonds. The molecule has 4 fully saturated rings. The van der Waals surface area contributed by atoms with E-state index in [4.69, 9.17) is 29.4 Å². The van der Waals surface area contributed by atoms with Gasteiger partial charge in [0.2, 0.25) is 11.8 Å². The van der Waals surface area contributed by atoms with Crippen molar-refractivity contribution in [3.8, 4) is 24.2 Å². The zero-order valence-electron chi connectivity index (χ0n) is 45.6. The zero-order chi connectivity index (χ0) is 53.7.